The zero-order chi connectivity index (χ0) is 21.7. The molecule has 0 radical (unpaired) electrons. The molecule has 3 rings (SSSR count). The van der Waals surface area contributed by atoms with E-state index in [2.05, 4.69) is 15.7 Å². The second kappa shape index (κ2) is 9.34. The maximum Gasteiger partial charge on any atom is 0.256 e. The molecule has 1 fully saturated rings. The van der Waals surface area contributed by atoms with Crippen LogP contribution in [0.1, 0.15) is 27.9 Å². The number of nitrogens with one attached hydrogen (secondary N) is 1. The fourth-order valence-electron chi connectivity index (χ4n) is 3.40. The lowest BCUT2D eigenvalue weighted by atomic mass is 10.1. The number of nitriles is 1. The van der Waals surface area contributed by atoms with Crippen molar-refractivity contribution in [3.63, 3.8) is 0 Å². The van der Waals surface area contributed by atoms with Gasteiger partial charge in [0.2, 0.25) is 10.0 Å². The van der Waals surface area contributed by atoms with Gasteiger partial charge in [-0.3, -0.25) is 9.69 Å². The minimum Gasteiger partial charge on any atom is -0.337 e. The molecule has 0 unspecified atom stereocenters. The summed E-state index contributed by atoms with van der Waals surface area (Å²) >= 11 is 0. The summed E-state index contributed by atoms with van der Waals surface area (Å²) in [5.41, 5.74) is 1.44. The number of nitrogens with zero attached hydrogens (tertiary/aromatic N) is 3. The van der Waals surface area contributed by atoms with Crippen molar-refractivity contribution in [2.45, 2.75) is 17.9 Å². The van der Waals surface area contributed by atoms with Crippen molar-refractivity contribution in [1.82, 2.24) is 14.5 Å². The highest BCUT2D eigenvalue weighted by Crippen LogP contribution is 2.18. The van der Waals surface area contributed by atoms with E-state index in [4.69, 9.17) is 5.26 Å². The van der Waals surface area contributed by atoms with E-state index in [1.165, 1.54) is 7.05 Å². The molecule has 0 atom stereocenters. The maximum atomic E-state index is 14.3. The van der Waals surface area contributed by atoms with Gasteiger partial charge in [0.05, 0.1) is 22.1 Å². The zero-order valence-corrected chi connectivity index (χ0v) is 17.5. The Hall–Kier alpha value is -2.80. The Bertz CT molecular complexity index is 1060. The van der Waals surface area contributed by atoms with Crippen LogP contribution in [0.3, 0.4) is 0 Å². The summed E-state index contributed by atoms with van der Waals surface area (Å²) < 4.78 is 40.5. The third-order valence-corrected chi connectivity index (χ3v) is 6.52. The topological polar surface area (TPSA) is 93.5 Å². The molecule has 1 aliphatic rings. The summed E-state index contributed by atoms with van der Waals surface area (Å²) in [7, 11) is -2.51. The third kappa shape index (κ3) is 5.02. The summed E-state index contributed by atoms with van der Waals surface area (Å²) in [4.78, 5) is 16.5. The van der Waals surface area contributed by atoms with Crippen molar-refractivity contribution in [2.24, 2.45) is 0 Å². The van der Waals surface area contributed by atoms with Crippen LogP contribution in [0.4, 0.5) is 4.39 Å². The number of carbonyl (C=O) groups excluding carboxylic acids is 1. The van der Waals surface area contributed by atoms with Gasteiger partial charge in [0.1, 0.15) is 5.82 Å². The van der Waals surface area contributed by atoms with Gasteiger partial charge in [-0.05, 0) is 49.4 Å². The van der Waals surface area contributed by atoms with Crippen LogP contribution in [0, 0.1) is 17.1 Å². The molecule has 0 saturated carbocycles. The molecule has 1 N–H and O–H groups in total. The van der Waals surface area contributed by atoms with Crippen molar-refractivity contribution >= 4 is 15.9 Å². The summed E-state index contributed by atoms with van der Waals surface area (Å²) in [5, 5.41) is 8.90. The molecule has 0 aliphatic carbocycles. The molecule has 2 aromatic rings. The average Bonchev–Trinajstić information content (AvgIpc) is 2.99. The Morgan fingerprint density at radius 1 is 1.13 bits per heavy atom. The van der Waals surface area contributed by atoms with Crippen molar-refractivity contribution in [3.05, 3.63) is 65.0 Å². The van der Waals surface area contributed by atoms with Crippen molar-refractivity contribution in [3.8, 4) is 6.07 Å². The summed E-state index contributed by atoms with van der Waals surface area (Å²) in [6, 6.07) is 12.7. The molecule has 0 aromatic heterocycles. The van der Waals surface area contributed by atoms with Crippen molar-refractivity contribution in [2.75, 3.05) is 33.2 Å². The van der Waals surface area contributed by atoms with Gasteiger partial charge in [-0.2, -0.15) is 5.26 Å². The van der Waals surface area contributed by atoms with Gasteiger partial charge in [0.15, 0.2) is 0 Å². The predicted molar refractivity (Wildman–Crippen MR) is 110 cm³/mol. The first-order chi connectivity index (χ1) is 14.3. The van der Waals surface area contributed by atoms with Crippen molar-refractivity contribution < 1.29 is 17.6 Å². The molecule has 1 amide bonds. The van der Waals surface area contributed by atoms with Gasteiger partial charge in [0.25, 0.3) is 5.91 Å². The van der Waals surface area contributed by atoms with Gasteiger partial charge >= 0.3 is 0 Å². The number of amides is 1. The number of sulfonamides is 1. The lowest BCUT2D eigenvalue weighted by molar-refractivity contribution is 0.0756. The second-order valence-electron chi connectivity index (χ2n) is 7.08. The number of hydrogen-bond acceptors (Lipinski definition) is 5. The molecule has 0 bridgehead atoms. The van der Waals surface area contributed by atoms with Gasteiger partial charge in [0, 0.05) is 32.7 Å². The Labute approximate surface area is 175 Å². The molecule has 7 nitrogen and oxygen atoms in total. The quantitative estimate of drug-likeness (QED) is 0.783. The molecular weight excluding hydrogens is 407 g/mol. The second-order valence-corrected chi connectivity index (χ2v) is 8.97. The Kier molecular flexibility index (Phi) is 6.82. The molecule has 1 aliphatic heterocycles. The fourth-order valence-corrected chi connectivity index (χ4v) is 4.15. The van der Waals surface area contributed by atoms with E-state index in [0.29, 0.717) is 31.7 Å². The molecule has 1 heterocycles. The van der Waals surface area contributed by atoms with E-state index >= 15 is 0 Å². The van der Waals surface area contributed by atoms with E-state index in [9.17, 15) is 17.6 Å². The van der Waals surface area contributed by atoms with E-state index in [-0.39, 0.29) is 10.5 Å². The highest BCUT2D eigenvalue weighted by Gasteiger charge is 2.24. The molecule has 2 aromatic carbocycles. The molecule has 158 valence electrons. The van der Waals surface area contributed by atoms with E-state index < -0.39 is 21.7 Å². The minimum absolute atomic E-state index is 0.146. The zero-order valence-electron chi connectivity index (χ0n) is 16.6. The molecule has 30 heavy (non-hydrogen) atoms. The Morgan fingerprint density at radius 3 is 2.53 bits per heavy atom. The first kappa shape index (κ1) is 21.9. The first-order valence-electron chi connectivity index (χ1n) is 9.58. The van der Waals surface area contributed by atoms with Gasteiger partial charge in [-0.25, -0.2) is 17.5 Å². The highest BCUT2D eigenvalue weighted by atomic mass is 32.2. The Morgan fingerprint density at radius 2 is 1.87 bits per heavy atom. The summed E-state index contributed by atoms with van der Waals surface area (Å²) in [5.74, 6) is -1.25. The third-order valence-electron chi connectivity index (χ3n) is 5.11. The van der Waals surface area contributed by atoms with Crippen LogP contribution in [0.15, 0.2) is 47.4 Å². The number of halogens is 1. The van der Waals surface area contributed by atoms with Gasteiger partial charge < -0.3 is 4.90 Å². The fraction of sp³-hybridized carbons (Fsp3) is 0.333. The summed E-state index contributed by atoms with van der Waals surface area (Å²) in [6.07, 6.45) is 0.720. The number of rotatable bonds is 5. The molecule has 9 heteroatoms. The predicted octanol–water partition coefficient (Wildman–Crippen LogP) is 1.95. The summed E-state index contributed by atoms with van der Waals surface area (Å²) in [6.45, 7) is 2.96. The lowest BCUT2D eigenvalue weighted by Crippen LogP contribution is -2.35. The average molecular weight is 431 g/mol. The van der Waals surface area contributed by atoms with Gasteiger partial charge in [-0.1, -0.05) is 12.1 Å². The van der Waals surface area contributed by atoms with Crippen LogP contribution in [0.25, 0.3) is 0 Å². The lowest BCUT2D eigenvalue weighted by Gasteiger charge is -2.22. The number of carbonyl (C=O) groups is 1. The largest absolute Gasteiger partial charge is 0.337 e. The van der Waals surface area contributed by atoms with Crippen molar-refractivity contribution in [1.29, 1.82) is 5.26 Å². The van der Waals surface area contributed by atoms with Crippen LogP contribution in [-0.4, -0.2) is 57.4 Å². The normalized spacial score (nSPS) is 15.4. The van der Waals surface area contributed by atoms with Crippen LogP contribution in [0.2, 0.25) is 0 Å². The van der Waals surface area contributed by atoms with E-state index in [0.717, 1.165) is 36.7 Å². The SMILES string of the molecule is CNS(=O)(=O)c1ccc(F)c(C(=O)N2CCCN(Cc3ccc(C#N)cc3)CC2)c1. The van der Waals surface area contributed by atoms with Crippen LogP contribution >= 0.6 is 0 Å². The number of hydrogen-bond donors (Lipinski definition) is 1. The highest BCUT2D eigenvalue weighted by molar-refractivity contribution is 7.89. The van der Waals surface area contributed by atoms with Crippen LogP contribution in [-0.2, 0) is 16.6 Å². The Balaban J connectivity index is 1.70. The number of benzene rings is 2. The first-order valence-corrected chi connectivity index (χ1v) is 11.1. The smallest absolute Gasteiger partial charge is 0.256 e. The molecule has 1 saturated heterocycles. The van der Waals surface area contributed by atoms with Gasteiger partial charge in [-0.15, -0.1) is 0 Å². The standard InChI is InChI=1S/C21H23FN4O3S/c1-24-30(28,29)18-7-8-20(22)19(13-18)21(27)26-10-2-9-25(11-12-26)15-17-5-3-16(14-23)4-6-17/h3-8,13,24H,2,9-12,15H2,1H3. The molecular formula is C21H23FN4O3S. The van der Waals surface area contributed by atoms with E-state index in [1.807, 2.05) is 12.1 Å². The van der Waals surface area contributed by atoms with E-state index in [1.54, 1.807) is 17.0 Å². The molecule has 0 spiro atoms. The van der Waals surface area contributed by atoms with Crippen LogP contribution < -0.4 is 4.72 Å². The monoisotopic (exact) mass is 430 g/mol. The van der Waals surface area contributed by atoms with Crippen LogP contribution in [0.5, 0.6) is 0 Å². The maximum absolute atomic E-state index is 14.3. The minimum atomic E-state index is -3.77.